The van der Waals surface area contributed by atoms with Gasteiger partial charge in [0.15, 0.2) is 0 Å². The van der Waals surface area contributed by atoms with Crippen LogP contribution < -0.4 is 5.32 Å². The van der Waals surface area contributed by atoms with Gasteiger partial charge < -0.3 is 15.5 Å². The zero-order valence-electron chi connectivity index (χ0n) is 7.32. The van der Waals surface area contributed by atoms with Crippen LogP contribution in [0.3, 0.4) is 0 Å². The molecule has 0 saturated heterocycles. The van der Waals surface area contributed by atoms with Crippen LogP contribution >= 0.6 is 11.8 Å². The fourth-order valence-electron chi connectivity index (χ4n) is 0.594. The van der Waals surface area contributed by atoms with Gasteiger partial charge in [-0.25, -0.2) is 0 Å². The quantitative estimate of drug-likeness (QED) is 0.504. The zero-order chi connectivity index (χ0) is 10.3. The standard InChI is InChI=1S/C7H13NO4S/c1-5(7(11)12)8-2-3-13-4-6(9)10/h5,8H,2-4H2,1H3,(H,9,10)(H,11,12). The number of carboxylic acid groups (broad SMARTS) is 2. The molecule has 0 bridgehead atoms. The molecule has 0 aliphatic carbocycles. The highest BCUT2D eigenvalue weighted by Crippen LogP contribution is 1.97. The lowest BCUT2D eigenvalue weighted by atomic mass is 10.3. The Kier molecular flexibility index (Phi) is 6.34. The van der Waals surface area contributed by atoms with E-state index in [1.807, 2.05) is 0 Å². The molecule has 0 heterocycles. The van der Waals surface area contributed by atoms with Crippen molar-refractivity contribution < 1.29 is 19.8 Å². The molecule has 0 radical (unpaired) electrons. The van der Waals surface area contributed by atoms with Gasteiger partial charge in [0.1, 0.15) is 6.04 Å². The highest BCUT2D eigenvalue weighted by atomic mass is 32.2. The molecule has 0 aromatic carbocycles. The van der Waals surface area contributed by atoms with Crippen LogP contribution in [0.1, 0.15) is 6.92 Å². The summed E-state index contributed by atoms with van der Waals surface area (Å²) in [6.45, 7) is 2.05. The predicted molar refractivity (Wildman–Crippen MR) is 50.1 cm³/mol. The van der Waals surface area contributed by atoms with Crippen LogP contribution in [0.4, 0.5) is 0 Å². The summed E-state index contributed by atoms with van der Waals surface area (Å²) in [5.74, 6) is -1.09. The number of carbonyl (C=O) groups is 2. The Balaban J connectivity index is 3.26. The monoisotopic (exact) mass is 207 g/mol. The van der Waals surface area contributed by atoms with Gasteiger partial charge in [-0.15, -0.1) is 11.8 Å². The molecule has 0 aromatic rings. The summed E-state index contributed by atoms with van der Waals surface area (Å²) >= 11 is 1.26. The summed E-state index contributed by atoms with van der Waals surface area (Å²) in [7, 11) is 0. The van der Waals surface area contributed by atoms with Crippen molar-refractivity contribution in [1.82, 2.24) is 5.32 Å². The molecule has 0 amide bonds. The van der Waals surface area contributed by atoms with Gasteiger partial charge in [0.05, 0.1) is 5.75 Å². The van der Waals surface area contributed by atoms with E-state index in [0.29, 0.717) is 12.3 Å². The SMILES string of the molecule is CC(NCCSCC(=O)O)C(=O)O. The second kappa shape index (κ2) is 6.73. The molecule has 0 fully saturated rings. The van der Waals surface area contributed by atoms with E-state index in [1.165, 1.54) is 11.8 Å². The van der Waals surface area contributed by atoms with Gasteiger partial charge in [0.25, 0.3) is 0 Å². The number of hydrogen-bond acceptors (Lipinski definition) is 4. The first kappa shape index (κ1) is 12.2. The minimum Gasteiger partial charge on any atom is -0.481 e. The van der Waals surface area contributed by atoms with Crippen molar-refractivity contribution in [3.05, 3.63) is 0 Å². The molecule has 3 N–H and O–H groups in total. The maximum absolute atomic E-state index is 10.3. The second-order valence-electron chi connectivity index (χ2n) is 2.46. The molecule has 1 unspecified atom stereocenters. The maximum Gasteiger partial charge on any atom is 0.320 e. The van der Waals surface area contributed by atoms with Crippen molar-refractivity contribution in [1.29, 1.82) is 0 Å². The van der Waals surface area contributed by atoms with Gasteiger partial charge in [0.2, 0.25) is 0 Å². The van der Waals surface area contributed by atoms with Crippen molar-refractivity contribution >= 4 is 23.7 Å². The third kappa shape index (κ3) is 7.61. The molecule has 0 aliphatic heterocycles. The van der Waals surface area contributed by atoms with E-state index in [0.717, 1.165) is 0 Å². The molecule has 0 spiro atoms. The van der Waals surface area contributed by atoms with E-state index >= 15 is 0 Å². The smallest absolute Gasteiger partial charge is 0.320 e. The Hall–Kier alpha value is -0.750. The van der Waals surface area contributed by atoms with Crippen molar-refractivity contribution in [3.63, 3.8) is 0 Å². The average Bonchev–Trinajstić information content (AvgIpc) is 2.02. The van der Waals surface area contributed by atoms with Crippen LogP contribution in [0, 0.1) is 0 Å². The Labute approximate surface area is 80.5 Å². The Morgan fingerprint density at radius 3 is 2.54 bits per heavy atom. The fraction of sp³-hybridized carbons (Fsp3) is 0.714. The van der Waals surface area contributed by atoms with E-state index in [1.54, 1.807) is 6.92 Å². The van der Waals surface area contributed by atoms with Gasteiger partial charge in [-0.2, -0.15) is 0 Å². The normalized spacial score (nSPS) is 12.4. The van der Waals surface area contributed by atoms with Gasteiger partial charge in [-0.3, -0.25) is 9.59 Å². The van der Waals surface area contributed by atoms with E-state index in [4.69, 9.17) is 10.2 Å². The van der Waals surface area contributed by atoms with Crippen molar-refractivity contribution in [2.45, 2.75) is 13.0 Å². The van der Waals surface area contributed by atoms with Gasteiger partial charge in [-0.05, 0) is 6.92 Å². The van der Waals surface area contributed by atoms with Crippen LogP contribution in [0.2, 0.25) is 0 Å². The molecule has 6 heteroatoms. The lowest BCUT2D eigenvalue weighted by molar-refractivity contribution is -0.139. The number of aliphatic carboxylic acids is 2. The summed E-state index contributed by atoms with van der Waals surface area (Å²) in [6, 6.07) is -0.578. The number of rotatable bonds is 7. The topological polar surface area (TPSA) is 86.6 Å². The third-order valence-corrected chi connectivity index (χ3v) is 2.24. The maximum atomic E-state index is 10.3. The molecule has 5 nitrogen and oxygen atoms in total. The van der Waals surface area contributed by atoms with Crippen LogP contribution in [0.25, 0.3) is 0 Å². The Bertz CT molecular complexity index is 185. The molecule has 13 heavy (non-hydrogen) atoms. The molecular formula is C7H13NO4S. The fourth-order valence-corrected chi connectivity index (χ4v) is 1.18. The molecule has 0 saturated carbocycles. The summed E-state index contributed by atoms with van der Waals surface area (Å²) < 4.78 is 0. The first-order chi connectivity index (χ1) is 6.04. The average molecular weight is 207 g/mol. The van der Waals surface area contributed by atoms with Gasteiger partial charge in [-0.1, -0.05) is 0 Å². The first-order valence-electron chi connectivity index (χ1n) is 3.79. The number of carboxylic acids is 2. The number of hydrogen-bond donors (Lipinski definition) is 3. The minimum atomic E-state index is -0.900. The predicted octanol–water partition coefficient (Wildman–Crippen LogP) is -0.133. The minimum absolute atomic E-state index is 0.0587. The molecule has 1 atom stereocenters. The molecule has 0 rings (SSSR count). The van der Waals surface area contributed by atoms with Crippen LogP contribution in [0.15, 0.2) is 0 Å². The van der Waals surface area contributed by atoms with E-state index in [2.05, 4.69) is 5.32 Å². The van der Waals surface area contributed by atoms with Crippen molar-refractivity contribution in [3.8, 4) is 0 Å². The van der Waals surface area contributed by atoms with E-state index < -0.39 is 18.0 Å². The lowest BCUT2D eigenvalue weighted by Gasteiger charge is -2.07. The van der Waals surface area contributed by atoms with Gasteiger partial charge >= 0.3 is 11.9 Å². The van der Waals surface area contributed by atoms with Gasteiger partial charge in [0, 0.05) is 12.3 Å². The zero-order valence-corrected chi connectivity index (χ0v) is 8.13. The molecule has 0 aromatic heterocycles. The van der Waals surface area contributed by atoms with Crippen molar-refractivity contribution in [2.24, 2.45) is 0 Å². The Morgan fingerprint density at radius 2 is 2.08 bits per heavy atom. The highest BCUT2D eigenvalue weighted by molar-refractivity contribution is 7.99. The summed E-state index contributed by atoms with van der Waals surface area (Å²) in [4.78, 5) is 20.4. The van der Waals surface area contributed by atoms with E-state index in [9.17, 15) is 9.59 Å². The summed E-state index contributed by atoms with van der Waals surface area (Å²) in [5, 5.41) is 19.5. The number of thioether (sulfide) groups is 1. The summed E-state index contributed by atoms with van der Waals surface area (Å²) in [6.07, 6.45) is 0. The van der Waals surface area contributed by atoms with Crippen molar-refractivity contribution in [2.75, 3.05) is 18.1 Å². The number of nitrogens with one attached hydrogen (secondary N) is 1. The summed E-state index contributed by atoms with van der Waals surface area (Å²) in [5.41, 5.74) is 0. The highest BCUT2D eigenvalue weighted by Gasteiger charge is 2.08. The first-order valence-corrected chi connectivity index (χ1v) is 4.95. The van der Waals surface area contributed by atoms with E-state index in [-0.39, 0.29) is 5.75 Å². The lowest BCUT2D eigenvalue weighted by Crippen LogP contribution is -2.35. The largest absolute Gasteiger partial charge is 0.481 e. The second-order valence-corrected chi connectivity index (χ2v) is 3.57. The molecule has 76 valence electrons. The van der Waals surface area contributed by atoms with Crippen LogP contribution in [-0.2, 0) is 9.59 Å². The van der Waals surface area contributed by atoms with Crippen LogP contribution in [-0.4, -0.2) is 46.2 Å². The Morgan fingerprint density at radius 1 is 1.46 bits per heavy atom. The molecular weight excluding hydrogens is 194 g/mol. The van der Waals surface area contributed by atoms with Crippen LogP contribution in [0.5, 0.6) is 0 Å². The molecule has 0 aliphatic rings. The third-order valence-electron chi connectivity index (χ3n) is 1.29.